The van der Waals surface area contributed by atoms with Crippen molar-refractivity contribution >= 4 is 17.2 Å². The van der Waals surface area contributed by atoms with Crippen LogP contribution < -0.4 is 5.32 Å². The van der Waals surface area contributed by atoms with Gasteiger partial charge >= 0.3 is 0 Å². The van der Waals surface area contributed by atoms with Gasteiger partial charge in [-0.2, -0.15) is 0 Å². The molecule has 1 N–H and O–H groups in total. The lowest BCUT2D eigenvalue weighted by Gasteiger charge is -2.26. The summed E-state index contributed by atoms with van der Waals surface area (Å²) >= 11 is 1.50. The second-order valence-electron chi connectivity index (χ2n) is 5.33. The second-order valence-corrected chi connectivity index (χ2v) is 6.36. The molecule has 0 aromatic carbocycles. The Morgan fingerprint density at radius 3 is 2.75 bits per heavy atom. The minimum atomic E-state index is 0.000148. The molecule has 0 saturated carbocycles. The average molecular weight is 297 g/mol. The molecule has 20 heavy (non-hydrogen) atoms. The second kappa shape index (κ2) is 7.15. The summed E-state index contributed by atoms with van der Waals surface area (Å²) in [4.78, 5) is 19.7. The van der Waals surface area contributed by atoms with E-state index in [0.29, 0.717) is 12.5 Å². The van der Waals surface area contributed by atoms with Gasteiger partial charge in [0.2, 0.25) is 0 Å². The maximum absolute atomic E-state index is 12.2. The first-order chi connectivity index (χ1) is 9.58. The van der Waals surface area contributed by atoms with Crippen LogP contribution in [0.1, 0.15) is 40.1 Å². The van der Waals surface area contributed by atoms with Crippen LogP contribution in [0.5, 0.6) is 0 Å². The Labute approximate surface area is 124 Å². The van der Waals surface area contributed by atoms with Crippen molar-refractivity contribution in [3.05, 3.63) is 15.6 Å². The predicted molar refractivity (Wildman–Crippen MR) is 80.5 cm³/mol. The highest BCUT2D eigenvalue weighted by molar-refractivity contribution is 7.13. The monoisotopic (exact) mass is 297 g/mol. The molecule has 1 aliphatic rings. The Balaban J connectivity index is 1.82. The lowest BCUT2D eigenvalue weighted by atomic mass is 10.2. The van der Waals surface area contributed by atoms with Crippen LogP contribution in [0.25, 0.3) is 0 Å². The molecule has 0 unspecified atom stereocenters. The van der Waals surface area contributed by atoms with Crippen LogP contribution in [0.3, 0.4) is 0 Å². The third-order valence-electron chi connectivity index (χ3n) is 3.33. The molecule has 1 amide bonds. The van der Waals surface area contributed by atoms with Crippen molar-refractivity contribution in [1.29, 1.82) is 0 Å². The third kappa shape index (κ3) is 4.01. The molecular weight excluding hydrogens is 274 g/mol. The number of hydrogen-bond donors (Lipinski definition) is 1. The normalized spacial score (nSPS) is 16.6. The van der Waals surface area contributed by atoms with E-state index < -0.39 is 0 Å². The zero-order valence-corrected chi connectivity index (χ0v) is 13.3. The molecule has 0 spiro atoms. The van der Waals surface area contributed by atoms with Gasteiger partial charge in [-0.25, -0.2) is 4.98 Å². The molecule has 112 valence electrons. The minimum Gasteiger partial charge on any atom is -0.379 e. The highest BCUT2D eigenvalue weighted by atomic mass is 32.1. The summed E-state index contributed by atoms with van der Waals surface area (Å²) in [7, 11) is 0. The SMILES string of the molecule is Cc1nc(C(C)C)sc1C(=O)NCCN1CCOCC1. The summed E-state index contributed by atoms with van der Waals surface area (Å²) in [5.41, 5.74) is 0.836. The van der Waals surface area contributed by atoms with Gasteiger partial charge in [0.25, 0.3) is 5.91 Å². The van der Waals surface area contributed by atoms with Crippen LogP contribution >= 0.6 is 11.3 Å². The number of nitrogens with one attached hydrogen (secondary N) is 1. The molecule has 1 aliphatic heterocycles. The zero-order chi connectivity index (χ0) is 14.5. The Morgan fingerprint density at radius 1 is 1.45 bits per heavy atom. The van der Waals surface area contributed by atoms with Gasteiger partial charge in [-0.15, -0.1) is 11.3 Å². The Bertz CT molecular complexity index is 453. The molecule has 2 rings (SSSR count). The molecule has 2 heterocycles. The molecule has 1 aromatic rings. The van der Waals surface area contributed by atoms with E-state index >= 15 is 0 Å². The molecule has 0 atom stereocenters. The smallest absolute Gasteiger partial charge is 0.263 e. The van der Waals surface area contributed by atoms with Crippen molar-refractivity contribution in [2.24, 2.45) is 0 Å². The molecule has 1 fully saturated rings. The quantitative estimate of drug-likeness (QED) is 0.897. The van der Waals surface area contributed by atoms with Crippen LogP contribution in [0.15, 0.2) is 0 Å². The van der Waals surface area contributed by atoms with E-state index in [2.05, 4.69) is 29.0 Å². The van der Waals surface area contributed by atoms with E-state index in [1.165, 1.54) is 11.3 Å². The van der Waals surface area contributed by atoms with Gasteiger partial charge < -0.3 is 10.1 Å². The topological polar surface area (TPSA) is 54.5 Å². The summed E-state index contributed by atoms with van der Waals surface area (Å²) in [6, 6.07) is 0. The molecule has 0 radical (unpaired) electrons. The van der Waals surface area contributed by atoms with E-state index in [9.17, 15) is 4.79 Å². The highest BCUT2D eigenvalue weighted by Crippen LogP contribution is 2.24. The van der Waals surface area contributed by atoms with Gasteiger partial charge in [0, 0.05) is 32.1 Å². The number of hydrogen-bond acceptors (Lipinski definition) is 5. The first-order valence-electron chi connectivity index (χ1n) is 7.13. The maximum atomic E-state index is 12.2. The van der Waals surface area contributed by atoms with Crippen LogP contribution in [-0.4, -0.2) is 55.2 Å². The van der Waals surface area contributed by atoms with Crippen LogP contribution in [0.4, 0.5) is 0 Å². The van der Waals surface area contributed by atoms with Gasteiger partial charge in [-0.1, -0.05) is 13.8 Å². The van der Waals surface area contributed by atoms with Gasteiger partial charge in [0.05, 0.1) is 23.9 Å². The fraction of sp³-hybridized carbons (Fsp3) is 0.714. The number of thiazole rings is 1. The lowest BCUT2D eigenvalue weighted by Crippen LogP contribution is -2.41. The molecule has 5 nitrogen and oxygen atoms in total. The number of carbonyl (C=O) groups is 1. The Morgan fingerprint density at radius 2 is 2.15 bits per heavy atom. The lowest BCUT2D eigenvalue weighted by molar-refractivity contribution is 0.0383. The first-order valence-corrected chi connectivity index (χ1v) is 7.95. The standard InChI is InChI=1S/C14H23N3O2S/c1-10(2)14-16-11(3)12(20-14)13(18)15-4-5-17-6-8-19-9-7-17/h10H,4-9H2,1-3H3,(H,15,18). The Hall–Kier alpha value is -0.980. The zero-order valence-electron chi connectivity index (χ0n) is 12.4. The average Bonchev–Trinajstić information content (AvgIpc) is 2.82. The molecule has 0 bridgehead atoms. The van der Waals surface area contributed by atoms with Gasteiger partial charge in [0.15, 0.2) is 0 Å². The van der Waals surface area contributed by atoms with E-state index in [0.717, 1.165) is 48.4 Å². The van der Waals surface area contributed by atoms with Crippen molar-refractivity contribution in [2.75, 3.05) is 39.4 Å². The number of rotatable bonds is 5. The number of amides is 1. The summed E-state index contributed by atoms with van der Waals surface area (Å²) in [6.45, 7) is 11.1. The fourth-order valence-corrected chi connectivity index (χ4v) is 3.09. The van der Waals surface area contributed by atoms with Crippen molar-refractivity contribution in [1.82, 2.24) is 15.2 Å². The molecule has 1 aromatic heterocycles. The highest BCUT2D eigenvalue weighted by Gasteiger charge is 2.17. The van der Waals surface area contributed by atoms with Crippen LogP contribution in [0, 0.1) is 6.92 Å². The number of carbonyl (C=O) groups excluding carboxylic acids is 1. The fourth-order valence-electron chi connectivity index (χ4n) is 2.11. The van der Waals surface area contributed by atoms with Crippen LogP contribution in [-0.2, 0) is 4.74 Å². The number of ether oxygens (including phenoxy) is 1. The van der Waals surface area contributed by atoms with Gasteiger partial charge in [-0.05, 0) is 6.92 Å². The van der Waals surface area contributed by atoms with Crippen LogP contribution in [0.2, 0.25) is 0 Å². The van der Waals surface area contributed by atoms with Crippen molar-refractivity contribution in [3.8, 4) is 0 Å². The third-order valence-corrected chi connectivity index (χ3v) is 4.79. The largest absolute Gasteiger partial charge is 0.379 e. The van der Waals surface area contributed by atoms with Crippen molar-refractivity contribution in [3.63, 3.8) is 0 Å². The van der Waals surface area contributed by atoms with E-state index in [1.54, 1.807) is 0 Å². The summed E-state index contributed by atoms with van der Waals surface area (Å²) in [5, 5.41) is 4.02. The molecule has 1 saturated heterocycles. The van der Waals surface area contributed by atoms with Crippen molar-refractivity contribution in [2.45, 2.75) is 26.7 Å². The molecule has 6 heteroatoms. The van der Waals surface area contributed by atoms with Gasteiger partial charge in [-0.3, -0.25) is 9.69 Å². The maximum Gasteiger partial charge on any atom is 0.263 e. The summed E-state index contributed by atoms with van der Waals surface area (Å²) in [6.07, 6.45) is 0. The van der Waals surface area contributed by atoms with E-state index in [-0.39, 0.29) is 5.91 Å². The number of morpholine rings is 1. The molecular formula is C14H23N3O2S. The minimum absolute atomic E-state index is 0.000148. The first kappa shape index (κ1) is 15.4. The number of nitrogens with zero attached hydrogens (tertiary/aromatic N) is 2. The van der Waals surface area contributed by atoms with E-state index in [1.807, 2.05) is 6.92 Å². The Kier molecular flexibility index (Phi) is 5.51. The molecule has 0 aliphatic carbocycles. The number of aromatic nitrogens is 1. The van der Waals surface area contributed by atoms with Gasteiger partial charge in [0.1, 0.15) is 4.88 Å². The van der Waals surface area contributed by atoms with E-state index in [4.69, 9.17) is 4.74 Å². The predicted octanol–water partition coefficient (Wildman–Crippen LogP) is 1.64. The number of aryl methyl sites for hydroxylation is 1. The summed E-state index contributed by atoms with van der Waals surface area (Å²) in [5.74, 6) is 0.369. The summed E-state index contributed by atoms with van der Waals surface area (Å²) < 4.78 is 5.30. The van der Waals surface area contributed by atoms with Crippen molar-refractivity contribution < 1.29 is 9.53 Å².